The fourth-order valence-electron chi connectivity index (χ4n) is 8.67. The molecule has 2 heterocycles. The molecule has 260 valence electrons. The Balaban J connectivity index is 1.48. The van der Waals surface area contributed by atoms with Crippen molar-refractivity contribution in [2.45, 2.75) is 92.8 Å². The molecule has 51 heavy (non-hydrogen) atoms. The summed E-state index contributed by atoms with van der Waals surface area (Å²) < 4.78 is 2.46. The van der Waals surface area contributed by atoms with Gasteiger partial charge in [0.1, 0.15) is 12.0 Å². The molecule has 0 fully saturated rings. The molecule has 5 aromatic carbocycles. The molecule has 0 bridgehead atoms. The number of hydrogen-bond donors (Lipinski definition) is 0. The van der Waals surface area contributed by atoms with Gasteiger partial charge in [0.05, 0.1) is 22.3 Å². The lowest BCUT2D eigenvalue weighted by molar-refractivity contribution is 0.172. The van der Waals surface area contributed by atoms with Crippen molar-refractivity contribution < 1.29 is 0 Å². The first-order chi connectivity index (χ1) is 24.4. The second-order valence-electron chi connectivity index (χ2n) is 15.2. The molecule has 0 saturated carbocycles. The Morgan fingerprint density at radius 2 is 1.18 bits per heavy atom. The minimum atomic E-state index is -0.484. The zero-order valence-corrected chi connectivity index (χ0v) is 32.0. The molecule has 4 nitrogen and oxygen atoms in total. The number of nitrogens with zero attached hydrogens (tertiary/aromatic N) is 4. The molecule has 4 heteroatoms. The molecule has 0 aliphatic carbocycles. The number of aromatic nitrogens is 2. The lowest BCUT2D eigenvalue weighted by Gasteiger charge is -2.46. The van der Waals surface area contributed by atoms with Gasteiger partial charge in [-0.1, -0.05) is 119 Å². The maximum absolute atomic E-state index is 5.45. The molecule has 0 spiro atoms. The van der Waals surface area contributed by atoms with E-state index in [0.717, 1.165) is 22.4 Å². The van der Waals surface area contributed by atoms with Crippen molar-refractivity contribution in [3.05, 3.63) is 160 Å². The van der Waals surface area contributed by atoms with E-state index in [1.54, 1.807) is 0 Å². The molecule has 1 aromatic heterocycles. The van der Waals surface area contributed by atoms with Crippen molar-refractivity contribution in [3.63, 3.8) is 0 Å². The Morgan fingerprint density at radius 3 is 1.84 bits per heavy atom. The molecular weight excluding hydrogens is 621 g/mol. The van der Waals surface area contributed by atoms with Crippen LogP contribution in [0.5, 0.6) is 0 Å². The highest BCUT2D eigenvalue weighted by atomic mass is 15.4. The summed E-state index contributed by atoms with van der Waals surface area (Å²) >= 11 is 0. The van der Waals surface area contributed by atoms with E-state index in [1.807, 2.05) is 0 Å². The summed E-state index contributed by atoms with van der Waals surface area (Å²) in [6, 6.07) is 37.8. The van der Waals surface area contributed by atoms with Crippen LogP contribution < -0.4 is 4.90 Å². The van der Waals surface area contributed by atoms with Gasteiger partial charge in [-0.15, -0.1) is 0 Å². The van der Waals surface area contributed by atoms with Gasteiger partial charge in [0, 0.05) is 23.7 Å². The number of aryl methyl sites for hydroxylation is 3. The molecule has 2 atom stereocenters. The molecule has 1 unspecified atom stereocenters. The van der Waals surface area contributed by atoms with Crippen LogP contribution in [0.3, 0.4) is 0 Å². The third kappa shape index (κ3) is 5.56. The molecule has 0 amide bonds. The Hall–Kier alpha value is -5.09. The Labute approximate surface area is 305 Å². The van der Waals surface area contributed by atoms with Crippen molar-refractivity contribution >= 4 is 16.7 Å². The molecule has 0 saturated heterocycles. The second kappa shape index (κ2) is 13.2. The van der Waals surface area contributed by atoms with Crippen LogP contribution in [0.15, 0.2) is 116 Å². The smallest absolute Gasteiger partial charge is 0.146 e. The Bertz CT molecular complexity index is 2220. The van der Waals surface area contributed by atoms with Crippen LogP contribution in [0.4, 0.5) is 5.69 Å². The van der Waals surface area contributed by atoms with Crippen LogP contribution in [-0.4, -0.2) is 20.6 Å². The van der Waals surface area contributed by atoms with Gasteiger partial charge in [0.25, 0.3) is 0 Å². The van der Waals surface area contributed by atoms with Gasteiger partial charge < -0.3 is 9.80 Å². The Morgan fingerprint density at radius 1 is 0.608 bits per heavy atom. The van der Waals surface area contributed by atoms with Crippen LogP contribution in [0.1, 0.15) is 97.9 Å². The molecule has 1 aliphatic heterocycles. The van der Waals surface area contributed by atoms with E-state index in [9.17, 15) is 0 Å². The van der Waals surface area contributed by atoms with Crippen LogP contribution in [0, 0.1) is 27.7 Å². The largest absolute Gasteiger partial charge is 0.342 e. The summed E-state index contributed by atoms with van der Waals surface area (Å²) in [5, 5.41) is 0. The van der Waals surface area contributed by atoms with Crippen molar-refractivity contribution in [2.75, 3.05) is 4.90 Å². The van der Waals surface area contributed by atoms with E-state index in [4.69, 9.17) is 4.98 Å². The lowest BCUT2D eigenvalue weighted by atomic mass is 9.77. The van der Waals surface area contributed by atoms with Crippen LogP contribution >= 0.6 is 0 Å². The average molecular weight is 673 g/mol. The quantitative estimate of drug-likeness (QED) is 0.161. The van der Waals surface area contributed by atoms with Gasteiger partial charge in [-0.05, 0) is 110 Å². The molecule has 7 rings (SSSR count). The summed E-state index contributed by atoms with van der Waals surface area (Å²) in [6.07, 6.45) is 4.65. The monoisotopic (exact) mass is 672 g/mol. The van der Waals surface area contributed by atoms with E-state index in [1.165, 1.54) is 55.9 Å². The number of anilines is 1. The number of fused-ring (bicyclic) bond motifs is 1. The van der Waals surface area contributed by atoms with Crippen LogP contribution in [0.2, 0.25) is 0 Å². The summed E-state index contributed by atoms with van der Waals surface area (Å²) in [6.45, 7) is 22.9. The van der Waals surface area contributed by atoms with Gasteiger partial charge in [0.2, 0.25) is 0 Å². The van der Waals surface area contributed by atoms with E-state index in [2.05, 4.69) is 199 Å². The van der Waals surface area contributed by atoms with E-state index >= 15 is 0 Å². The second-order valence-corrected chi connectivity index (χ2v) is 15.2. The van der Waals surface area contributed by atoms with E-state index in [-0.39, 0.29) is 6.17 Å². The fraction of sp³-hybridized carbons (Fsp3) is 0.298. The normalized spacial score (nSPS) is 15.8. The summed E-state index contributed by atoms with van der Waals surface area (Å²) in [4.78, 5) is 10.4. The van der Waals surface area contributed by atoms with E-state index < -0.39 is 5.54 Å². The third-order valence-electron chi connectivity index (χ3n) is 11.3. The first-order valence-electron chi connectivity index (χ1n) is 18.5. The minimum Gasteiger partial charge on any atom is -0.342 e. The minimum absolute atomic E-state index is 0.0774. The average Bonchev–Trinajstić information content (AvgIpc) is 3.68. The molecule has 0 radical (unpaired) electrons. The highest BCUT2D eigenvalue weighted by Gasteiger charge is 2.43. The zero-order valence-electron chi connectivity index (χ0n) is 32.0. The summed E-state index contributed by atoms with van der Waals surface area (Å²) in [5.74, 6) is 1.69. The fourth-order valence-corrected chi connectivity index (χ4v) is 8.67. The first-order valence-corrected chi connectivity index (χ1v) is 18.5. The maximum Gasteiger partial charge on any atom is 0.146 e. The van der Waals surface area contributed by atoms with Crippen molar-refractivity contribution in [2.24, 2.45) is 0 Å². The Kier molecular flexibility index (Phi) is 8.91. The highest BCUT2D eigenvalue weighted by Crippen LogP contribution is 2.46. The van der Waals surface area contributed by atoms with Crippen molar-refractivity contribution in [3.8, 4) is 17.1 Å². The van der Waals surface area contributed by atoms with Crippen LogP contribution in [-0.2, 0) is 5.54 Å². The predicted octanol–water partition coefficient (Wildman–Crippen LogP) is 12.1. The summed E-state index contributed by atoms with van der Waals surface area (Å²) in [5.41, 5.74) is 15.7. The molecule has 1 aliphatic rings. The van der Waals surface area contributed by atoms with E-state index in [0.29, 0.717) is 11.8 Å². The van der Waals surface area contributed by atoms with Crippen molar-refractivity contribution in [1.82, 2.24) is 14.5 Å². The molecule has 0 N–H and O–H groups in total. The highest BCUT2D eigenvalue weighted by molar-refractivity contribution is 5.85. The molecule has 6 aromatic rings. The topological polar surface area (TPSA) is 24.3 Å². The van der Waals surface area contributed by atoms with Gasteiger partial charge in [-0.25, -0.2) is 4.98 Å². The van der Waals surface area contributed by atoms with Gasteiger partial charge in [0.15, 0.2) is 0 Å². The van der Waals surface area contributed by atoms with Gasteiger partial charge in [-0.2, -0.15) is 0 Å². The number of para-hydroxylation sites is 4. The number of imidazole rings is 1. The summed E-state index contributed by atoms with van der Waals surface area (Å²) in [7, 11) is 0. The third-order valence-corrected chi connectivity index (χ3v) is 11.3. The molecular formula is C47H52N4. The first kappa shape index (κ1) is 34.4. The number of hydrogen-bond acceptors (Lipinski definition) is 3. The standard InChI is InChI=1S/C47H52N4/c1-30(2)37-21-16-22-38(31(3)4)45(37)51-43-27-14-13-26-42(43)48-46(51)39-23-17-25-41(35(39)8)47(10,40-24-12-11-18-32(40)5)50-29-28-49(36(50)9)44-33(6)19-15-20-34(44)7/h11-31,36H,1-10H3/t36-,47?/m0/s1. The lowest BCUT2D eigenvalue weighted by Crippen LogP contribution is -2.49. The maximum atomic E-state index is 5.45. The SMILES string of the molecule is Cc1ccccc1C(C)(c1cccc(-c2nc3ccccc3n2-c2c(C(C)C)cccc2C(C)C)c1C)N1C=CN(c2c(C)cccc2C)[C@@H]1C. The van der Waals surface area contributed by atoms with Gasteiger partial charge >= 0.3 is 0 Å². The van der Waals surface area contributed by atoms with Crippen molar-refractivity contribution in [1.29, 1.82) is 0 Å². The zero-order chi connectivity index (χ0) is 36.2. The van der Waals surface area contributed by atoms with Gasteiger partial charge in [-0.3, -0.25) is 4.57 Å². The van der Waals surface area contributed by atoms with Crippen LogP contribution in [0.25, 0.3) is 28.1 Å². The predicted molar refractivity (Wildman–Crippen MR) is 216 cm³/mol. The number of benzene rings is 5. The number of rotatable bonds is 8.